The van der Waals surface area contributed by atoms with Gasteiger partial charge >= 0.3 is 5.97 Å². The minimum absolute atomic E-state index is 0.0678. The van der Waals surface area contributed by atoms with Gasteiger partial charge in [-0.25, -0.2) is 13.8 Å². The number of rotatable bonds is 5. The second-order valence-electron chi connectivity index (χ2n) is 5.28. The minimum atomic E-state index is -2.70. The van der Waals surface area contributed by atoms with Crippen molar-refractivity contribution in [3.63, 3.8) is 0 Å². The highest BCUT2D eigenvalue weighted by molar-refractivity contribution is 5.70. The molecule has 1 aromatic heterocycles. The normalized spacial score (nSPS) is 22.3. The Kier molecular flexibility index (Phi) is 5.09. The van der Waals surface area contributed by atoms with E-state index in [1.807, 2.05) is 6.92 Å². The third kappa shape index (κ3) is 3.89. The van der Waals surface area contributed by atoms with E-state index in [-0.39, 0.29) is 17.5 Å². The van der Waals surface area contributed by atoms with Gasteiger partial charge in [0.25, 0.3) is 6.43 Å². The van der Waals surface area contributed by atoms with Gasteiger partial charge < -0.3 is 9.84 Å². The highest BCUT2D eigenvalue weighted by Crippen LogP contribution is 2.32. The molecule has 0 amide bonds. The molecule has 1 aliphatic rings. The number of aromatic nitrogens is 1. The highest BCUT2D eigenvalue weighted by atomic mass is 19.3. The van der Waals surface area contributed by atoms with E-state index in [0.29, 0.717) is 31.4 Å². The third-order valence-electron chi connectivity index (χ3n) is 3.78. The van der Waals surface area contributed by atoms with Crippen molar-refractivity contribution in [3.8, 4) is 5.75 Å². The number of alkyl halides is 2. The lowest BCUT2D eigenvalue weighted by Crippen LogP contribution is -2.29. The summed E-state index contributed by atoms with van der Waals surface area (Å²) >= 11 is 0. The summed E-state index contributed by atoms with van der Waals surface area (Å²) in [5.41, 5.74) is 0.233. The predicted octanol–water partition coefficient (Wildman–Crippen LogP) is 3.60. The summed E-state index contributed by atoms with van der Waals surface area (Å²) in [4.78, 5) is 14.9. The third-order valence-corrected chi connectivity index (χ3v) is 3.78. The van der Waals surface area contributed by atoms with E-state index in [0.717, 1.165) is 6.42 Å². The van der Waals surface area contributed by atoms with E-state index >= 15 is 0 Å². The van der Waals surface area contributed by atoms with Gasteiger partial charge in [-0.2, -0.15) is 0 Å². The van der Waals surface area contributed by atoms with Gasteiger partial charge in [0.05, 0.1) is 12.0 Å². The van der Waals surface area contributed by atoms with Crippen LogP contribution in [0, 0.1) is 5.92 Å². The average molecular weight is 299 g/mol. The first-order valence-electron chi connectivity index (χ1n) is 7.18. The minimum Gasteiger partial charge on any atom is -0.488 e. The van der Waals surface area contributed by atoms with E-state index in [9.17, 15) is 13.6 Å². The van der Waals surface area contributed by atoms with E-state index in [1.54, 1.807) is 6.07 Å². The first-order chi connectivity index (χ1) is 10.0. The Morgan fingerprint density at radius 2 is 2.24 bits per heavy atom. The van der Waals surface area contributed by atoms with E-state index < -0.39 is 18.3 Å². The maximum atomic E-state index is 13.1. The smallest absolute Gasteiger partial charge is 0.306 e. The largest absolute Gasteiger partial charge is 0.488 e. The zero-order chi connectivity index (χ0) is 15.4. The molecule has 2 atom stereocenters. The molecular weight excluding hydrogens is 280 g/mol. The monoisotopic (exact) mass is 299 g/mol. The van der Waals surface area contributed by atoms with Gasteiger partial charge in [0.15, 0.2) is 0 Å². The number of aliphatic carboxylic acids is 1. The molecule has 1 aliphatic carbocycles. The van der Waals surface area contributed by atoms with Crippen LogP contribution in [0.2, 0.25) is 0 Å². The lowest BCUT2D eigenvalue weighted by molar-refractivity contribution is -0.143. The fraction of sp³-hybridized carbons (Fsp3) is 0.600. The molecule has 21 heavy (non-hydrogen) atoms. The summed E-state index contributed by atoms with van der Waals surface area (Å²) in [6, 6.07) is 3.18. The van der Waals surface area contributed by atoms with Crippen LogP contribution in [0.5, 0.6) is 5.75 Å². The number of halogens is 2. The fourth-order valence-corrected chi connectivity index (χ4v) is 2.61. The fourth-order valence-electron chi connectivity index (χ4n) is 2.61. The number of carboxylic acids is 1. The molecule has 2 rings (SSSR count). The molecule has 1 saturated carbocycles. The first-order valence-corrected chi connectivity index (χ1v) is 7.18. The van der Waals surface area contributed by atoms with Crippen LogP contribution in [0.4, 0.5) is 8.78 Å². The molecule has 1 fully saturated rings. The Bertz CT molecular complexity index is 508. The summed E-state index contributed by atoms with van der Waals surface area (Å²) in [6.07, 6.45) is -0.0900. The number of carbonyl (C=O) groups is 1. The average Bonchev–Trinajstić information content (AvgIpc) is 2.47. The Hall–Kier alpha value is -1.72. The first kappa shape index (κ1) is 15.7. The van der Waals surface area contributed by atoms with Crippen LogP contribution in [-0.2, 0) is 11.2 Å². The van der Waals surface area contributed by atoms with Gasteiger partial charge in [-0.05, 0) is 44.2 Å². The molecule has 0 spiro atoms. The van der Waals surface area contributed by atoms with Crippen LogP contribution in [-0.4, -0.2) is 22.2 Å². The summed E-state index contributed by atoms with van der Waals surface area (Å²) in [5.74, 6) is -1.24. The van der Waals surface area contributed by atoms with E-state index in [2.05, 4.69) is 4.98 Å². The van der Waals surface area contributed by atoms with Crippen LogP contribution in [0.25, 0.3) is 0 Å². The van der Waals surface area contributed by atoms with Crippen molar-refractivity contribution in [2.24, 2.45) is 5.92 Å². The van der Waals surface area contributed by atoms with Crippen LogP contribution < -0.4 is 4.74 Å². The van der Waals surface area contributed by atoms with Crippen LogP contribution in [0.1, 0.15) is 50.4 Å². The van der Waals surface area contributed by atoms with Crippen molar-refractivity contribution in [2.75, 3.05) is 0 Å². The van der Waals surface area contributed by atoms with Crippen molar-refractivity contribution in [3.05, 3.63) is 23.5 Å². The van der Waals surface area contributed by atoms with Crippen molar-refractivity contribution < 1.29 is 23.4 Å². The number of carboxylic acid groups (broad SMARTS) is 1. The molecule has 0 aromatic carbocycles. The number of pyridine rings is 1. The van der Waals surface area contributed by atoms with Gasteiger partial charge in [-0.15, -0.1) is 0 Å². The molecule has 1 N–H and O–H groups in total. The number of hydrogen-bond acceptors (Lipinski definition) is 3. The second kappa shape index (κ2) is 6.83. The van der Waals surface area contributed by atoms with Crippen LogP contribution >= 0.6 is 0 Å². The second-order valence-corrected chi connectivity index (χ2v) is 5.28. The summed E-state index contributed by atoms with van der Waals surface area (Å²) < 4.78 is 31.8. The molecule has 0 aliphatic heterocycles. The Morgan fingerprint density at radius 1 is 1.48 bits per heavy atom. The van der Waals surface area contributed by atoms with Crippen molar-refractivity contribution in [1.82, 2.24) is 4.98 Å². The Balaban J connectivity index is 2.13. The zero-order valence-corrected chi connectivity index (χ0v) is 11.9. The maximum Gasteiger partial charge on any atom is 0.306 e. The van der Waals surface area contributed by atoms with E-state index in [1.165, 1.54) is 6.07 Å². The lowest BCUT2D eigenvalue weighted by Gasteiger charge is -2.27. The number of nitrogens with zero attached hydrogens (tertiary/aromatic N) is 1. The van der Waals surface area contributed by atoms with Crippen LogP contribution in [0.15, 0.2) is 12.1 Å². The highest BCUT2D eigenvalue weighted by Gasteiger charge is 2.29. The molecule has 0 unspecified atom stereocenters. The Labute approximate surface area is 122 Å². The molecule has 1 aromatic rings. The SMILES string of the molecule is CCc1ccc(O[C@H]2CCC[C@H](C(=O)O)C2)c(C(F)F)n1. The summed E-state index contributed by atoms with van der Waals surface area (Å²) in [6.45, 7) is 1.84. The molecule has 1 heterocycles. The van der Waals surface area contributed by atoms with Gasteiger partial charge in [0.2, 0.25) is 0 Å². The number of aryl methyl sites for hydroxylation is 1. The van der Waals surface area contributed by atoms with Crippen LogP contribution in [0.3, 0.4) is 0 Å². The van der Waals surface area contributed by atoms with Gasteiger partial charge in [0, 0.05) is 5.69 Å². The number of ether oxygens (including phenoxy) is 1. The molecule has 4 nitrogen and oxygen atoms in total. The van der Waals surface area contributed by atoms with Crippen molar-refractivity contribution in [2.45, 2.75) is 51.6 Å². The predicted molar refractivity (Wildman–Crippen MR) is 72.6 cm³/mol. The molecule has 0 bridgehead atoms. The maximum absolute atomic E-state index is 13.1. The van der Waals surface area contributed by atoms with Crippen molar-refractivity contribution in [1.29, 1.82) is 0 Å². The topological polar surface area (TPSA) is 59.4 Å². The zero-order valence-electron chi connectivity index (χ0n) is 11.9. The lowest BCUT2D eigenvalue weighted by atomic mass is 9.87. The summed E-state index contributed by atoms with van der Waals surface area (Å²) in [7, 11) is 0. The quantitative estimate of drug-likeness (QED) is 0.902. The summed E-state index contributed by atoms with van der Waals surface area (Å²) in [5, 5.41) is 9.05. The van der Waals surface area contributed by atoms with Gasteiger partial charge in [0.1, 0.15) is 11.4 Å². The number of hydrogen-bond donors (Lipinski definition) is 1. The van der Waals surface area contributed by atoms with Gasteiger partial charge in [-0.3, -0.25) is 4.79 Å². The van der Waals surface area contributed by atoms with E-state index in [4.69, 9.17) is 9.84 Å². The molecule has 0 saturated heterocycles. The van der Waals surface area contributed by atoms with Gasteiger partial charge in [-0.1, -0.05) is 6.92 Å². The molecule has 116 valence electrons. The molecular formula is C15H19F2NO3. The standard InChI is InChI=1S/C15H19F2NO3/c1-2-10-6-7-12(13(18-10)14(16)17)21-11-5-3-4-9(8-11)15(19)20/h6-7,9,11,14H,2-5,8H2,1H3,(H,19,20)/t9-,11-/m0/s1. The molecule has 0 radical (unpaired) electrons. The van der Waals surface area contributed by atoms with Crippen molar-refractivity contribution >= 4 is 5.97 Å². The molecule has 6 heteroatoms. The Morgan fingerprint density at radius 3 is 2.86 bits per heavy atom.